The second-order valence-electron chi connectivity index (χ2n) is 11.2. The number of benzene rings is 2. The number of nitrogens with zero attached hydrogens (tertiary/aromatic N) is 6. The van der Waals surface area contributed by atoms with E-state index in [0.29, 0.717) is 31.3 Å². The topological polar surface area (TPSA) is 72.9 Å². The number of para-hydroxylation sites is 2. The zero-order valence-corrected chi connectivity index (χ0v) is 25.5. The maximum Gasteiger partial charge on any atom is 0.222 e. The largest absolute Gasteiger partial charge is 0.348 e. The molecule has 2 aromatic carbocycles. The number of piperidine rings is 2. The summed E-state index contributed by atoms with van der Waals surface area (Å²) in [6, 6.07) is 17.3. The molecule has 41 heavy (non-hydrogen) atoms. The average Bonchev–Trinajstić information content (AvgIpc) is 3.65. The van der Waals surface area contributed by atoms with Crippen molar-refractivity contribution in [1.82, 2.24) is 19.8 Å². The van der Waals surface area contributed by atoms with E-state index in [1.165, 1.54) is 9.40 Å². The molecule has 2 aliphatic heterocycles. The summed E-state index contributed by atoms with van der Waals surface area (Å²) in [5.74, 6) is 0.352. The molecule has 4 heterocycles. The van der Waals surface area contributed by atoms with Gasteiger partial charge in [0.05, 0.1) is 20.4 Å². The minimum absolute atomic E-state index is 0.176. The highest BCUT2D eigenvalue weighted by molar-refractivity contribution is 7.22. The lowest BCUT2D eigenvalue weighted by Crippen LogP contribution is -2.46. The first kappa shape index (κ1) is 27.9. The third-order valence-corrected chi connectivity index (χ3v) is 10.9. The van der Waals surface area contributed by atoms with Gasteiger partial charge < -0.3 is 19.6 Å². The Kier molecular flexibility index (Phi) is 8.39. The van der Waals surface area contributed by atoms with Crippen LogP contribution in [0, 0.1) is 0 Å². The van der Waals surface area contributed by atoms with Gasteiger partial charge >= 0.3 is 0 Å². The molecule has 0 bridgehead atoms. The van der Waals surface area contributed by atoms with E-state index in [1.54, 1.807) is 22.7 Å². The second kappa shape index (κ2) is 12.3. The molecular formula is C31H38N6O2S2. The Balaban J connectivity index is 0.904. The molecule has 0 saturated carbocycles. The van der Waals surface area contributed by atoms with Crippen molar-refractivity contribution in [3.8, 4) is 0 Å². The van der Waals surface area contributed by atoms with E-state index >= 15 is 0 Å². The molecule has 0 N–H and O–H groups in total. The van der Waals surface area contributed by atoms with Crippen molar-refractivity contribution in [2.24, 2.45) is 0 Å². The Hall–Kier alpha value is -3.24. The molecule has 0 aliphatic carbocycles. The van der Waals surface area contributed by atoms with Gasteiger partial charge in [0.15, 0.2) is 10.3 Å². The zero-order chi connectivity index (χ0) is 28.3. The van der Waals surface area contributed by atoms with Crippen LogP contribution in [0.15, 0.2) is 48.5 Å². The fraction of sp³-hybridized carbons (Fsp3) is 0.484. The smallest absolute Gasteiger partial charge is 0.222 e. The first-order valence-corrected chi connectivity index (χ1v) is 16.3. The lowest BCUT2D eigenvalue weighted by Gasteiger charge is -2.37. The zero-order valence-electron chi connectivity index (χ0n) is 23.9. The maximum absolute atomic E-state index is 12.9. The van der Waals surface area contributed by atoms with Crippen molar-refractivity contribution in [3.05, 3.63) is 48.5 Å². The number of rotatable bonds is 8. The van der Waals surface area contributed by atoms with Crippen LogP contribution in [0.4, 0.5) is 10.3 Å². The normalized spacial score (nSPS) is 16.9. The average molecular weight is 591 g/mol. The lowest BCUT2D eigenvalue weighted by atomic mass is 10.0. The number of likely N-dealkylation sites (tertiary alicyclic amines) is 2. The van der Waals surface area contributed by atoms with Crippen molar-refractivity contribution < 1.29 is 9.59 Å². The first-order valence-electron chi connectivity index (χ1n) is 14.7. The molecule has 10 heteroatoms. The van der Waals surface area contributed by atoms with Gasteiger partial charge in [-0.25, -0.2) is 9.97 Å². The number of amides is 2. The standard InChI is InChI=1S/C31H38N6O2S2/c1-34(30-32-24-8-3-5-10-26(24)40-30)22-14-18-36(19-15-22)28(38)12-7-13-29(39)37-20-16-23(17-21-37)35(2)31-33-25-9-4-6-11-27(25)41-31/h3-6,8-11,22-23H,7,12-21H2,1-2H3. The summed E-state index contributed by atoms with van der Waals surface area (Å²) in [4.78, 5) is 43.9. The van der Waals surface area contributed by atoms with Crippen molar-refractivity contribution in [1.29, 1.82) is 0 Å². The van der Waals surface area contributed by atoms with Gasteiger partial charge in [-0.3, -0.25) is 9.59 Å². The summed E-state index contributed by atoms with van der Waals surface area (Å²) in [5.41, 5.74) is 2.09. The van der Waals surface area contributed by atoms with Crippen LogP contribution in [-0.2, 0) is 9.59 Å². The fourth-order valence-electron chi connectivity index (χ4n) is 6.05. The van der Waals surface area contributed by atoms with Crippen LogP contribution in [-0.4, -0.2) is 83.9 Å². The molecule has 8 nitrogen and oxygen atoms in total. The fourth-order valence-corrected chi connectivity index (χ4v) is 8.04. The van der Waals surface area contributed by atoms with Crippen LogP contribution in [0.1, 0.15) is 44.9 Å². The number of hydrogen-bond acceptors (Lipinski definition) is 8. The van der Waals surface area contributed by atoms with Gasteiger partial charge in [-0.2, -0.15) is 0 Å². The lowest BCUT2D eigenvalue weighted by molar-refractivity contribution is -0.133. The van der Waals surface area contributed by atoms with Crippen molar-refractivity contribution in [3.63, 3.8) is 0 Å². The van der Waals surface area contributed by atoms with Crippen LogP contribution in [0.5, 0.6) is 0 Å². The Morgan fingerprint density at radius 1 is 0.707 bits per heavy atom. The quantitative estimate of drug-likeness (QED) is 0.265. The molecule has 0 unspecified atom stereocenters. The molecule has 0 atom stereocenters. The summed E-state index contributed by atoms with van der Waals surface area (Å²) in [5, 5.41) is 2.09. The minimum atomic E-state index is 0.176. The van der Waals surface area contributed by atoms with Crippen molar-refractivity contribution >= 4 is 65.2 Å². The molecule has 2 fully saturated rings. The predicted molar refractivity (Wildman–Crippen MR) is 169 cm³/mol. The van der Waals surface area contributed by atoms with Gasteiger partial charge in [0.2, 0.25) is 11.8 Å². The van der Waals surface area contributed by atoms with E-state index in [-0.39, 0.29) is 11.8 Å². The van der Waals surface area contributed by atoms with E-state index in [9.17, 15) is 9.59 Å². The van der Waals surface area contributed by atoms with Crippen LogP contribution < -0.4 is 9.80 Å². The van der Waals surface area contributed by atoms with Gasteiger partial charge in [-0.1, -0.05) is 46.9 Å². The van der Waals surface area contributed by atoms with E-state index in [1.807, 2.05) is 21.9 Å². The van der Waals surface area contributed by atoms with E-state index < -0.39 is 0 Å². The molecule has 0 spiro atoms. The van der Waals surface area contributed by atoms with Crippen LogP contribution in [0.25, 0.3) is 20.4 Å². The molecule has 0 radical (unpaired) electrons. The van der Waals surface area contributed by atoms with Crippen LogP contribution >= 0.6 is 22.7 Å². The number of anilines is 2. The van der Waals surface area contributed by atoms with Crippen LogP contribution in [0.2, 0.25) is 0 Å². The third-order valence-electron chi connectivity index (χ3n) is 8.68. The second-order valence-corrected chi connectivity index (χ2v) is 13.2. The number of fused-ring (bicyclic) bond motifs is 2. The highest BCUT2D eigenvalue weighted by Gasteiger charge is 2.28. The van der Waals surface area contributed by atoms with Gasteiger partial charge in [0, 0.05) is 65.2 Å². The molecule has 2 saturated heterocycles. The predicted octanol–water partition coefficient (Wildman–Crippen LogP) is 5.63. The van der Waals surface area contributed by atoms with Crippen molar-refractivity contribution in [2.45, 2.75) is 57.0 Å². The number of hydrogen-bond donors (Lipinski definition) is 0. The van der Waals surface area contributed by atoms with Gasteiger partial charge in [-0.05, 0) is 56.4 Å². The van der Waals surface area contributed by atoms with Crippen LogP contribution in [0.3, 0.4) is 0 Å². The summed E-state index contributed by atoms with van der Waals surface area (Å²) in [7, 11) is 4.24. The summed E-state index contributed by atoms with van der Waals surface area (Å²) in [6.45, 7) is 3.06. The maximum atomic E-state index is 12.9. The Morgan fingerprint density at radius 2 is 1.10 bits per heavy atom. The Labute approximate surface area is 249 Å². The van der Waals surface area contributed by atoms with E-state index in [4.69, 9.17) is 9.97 Å². The summed E-state index contributed by atoms with van der Waals surface area (Å²) < 4.78 is 2.41. The monoisotopic (exact) mass is 590 g/mol. The molecule has 2 aliphatic rings. The number of carbonyl (C=O) groups is 2. The molecule has 216 valence electrons. The van der Waals surface area contributed by atoms with E-state index in [0.717, 1.165) is 73.2 Å². The Bertz CT molecular complexity index is 1320. The number of aromatic nitrogens is 2. The summed E-state index contributed by atoms with van der Waals surface area (Å²) >= 11 is 3.45. The highest BCUT2D eigenvalue weighted by atomic mass is 32.1. The van der Waals surface area contributed by atoms with E-state index in [2.05, 4.69) is 60.3 Å². The van der Waals surface area contributed by atoms with Gasteiger partial charge in [0.1, 0.15) is 0 Å². The first-order chi connectivity index (χ1) is 20.0. The third kappa shape index (κ3) is 6.18. The molecule has 2 aromatic heterocycles. The Morgan fingerprint density at radius 3 is 1.49 bits per heavy atom. The SMILES string of the molecule is CN(c1nc2ccccc2s1)C1CCN(C(=O)CCCC(=O)N2CCC(N(C)c3nc4ccccc4s3)CC2)CC1. The number of carbonyl (C=O) groups excluding carboxylic acids is 2. The molecule has 6 rings (SSSR count). The van der Waals surface area contributed by atoms with Gasteiger partial charge in [-0.15, -0.1) is 0 Å². The highest BCUT2D eigenvalue weighted by Crippen LogP contribution is 2.32. The summed E-state index contributed by atoms with van der Waals surface area (Å²) in [6.07, 6.45) is 5.28. The molecule has 4 aromatic rings. The molecule has 2 amide bonds. The molecular weight excluding hydrogens is 553 g/mol. The minimum Gasteiger partial charge on any atom is -0.348 e. The number of thiazole rings is 2. The van der Waals surface area contributed by atoms with Gasteiger partial charge in [0.25, 0.3) is 0 Å². The van der Waals surface area contributed by atoms with Crippen molar-refractivity contribution in [2.75, 3.05) is 50.1 Å².